The van der Waals surface area contributed by atoms with Crippen molar-refractivity contribution in [1.82, 2.24) is 14.5 Å². The number of amides is 2. The van der Waals surface area contributed by atoms with Gasteiger partial charge in [0.2, 0.25) is 0 Å². The van der Waals surface area contributed by atoms with Gasteiger partial charge in [0.1, 0.15) is 5.82 Å². The number of halogens is 2. The number of hydrogen-bond donors (Lipinski definition) is 1. The zero-order valence-electron chi connectivity index (χ0n) is 17.9. The zero-order chi connectivity index (χ0) is 22.5. The van der Waals surface area contributed by atoms with Crippen molar-refractivity contribution in [2.24, 2.45) is 0 Å². The number of aromatic nitrogens is 2. The van der Waals surface area contributed by atoms with Crippen LogP contribution < -0.4 is 10.9 Å². The normalized spacial score (nSPS) is 12.0. The molecule has 2 aromatic carbocycles. The van der Waals surface area contributed by atoms with E-state index >= 15 is 0 Å². The van der Waals surface area contributed by atoms with E-state index in [1.54, 1.807) is 33.7 Å². The molecule has 0 aliphatic carbocycles. The van der Waals surface area contributed by atoms with Gasteiger partial charge >= 0.3 is 6.03 Å². The average Bonchev–Trinajstić information content (AvgIpc) is 2.75. The summed E-state index contributed by atoms with van der Waals surface area (Å²) in [5.74, 6) is 0.555. The third-order valence-corrected chi connectivity index (χ3v) is 5.78. The number of para-hydroxylation sites is 1. The molecule has 3 aromatic rings. The van der Waals surface area contributed by atoms with Crippen LogP contribution in [0.5, 0.6) is 0 Å². The lowest BCUT2D eigenvalue weighted by molar-refractivity contribution is 0.187. The molecule has 0 saturated carbocycles. The zero-order valence-corrected chi connectivity index (χ0v) is 19.4. The molecule has 1 heterocycles. The molecular weight excluding hydrogens is 435 g/mol. The fourth-order valence-electron chi connectivity index (χ4n) is 3.53. The highest BCUT2D eigenvalue weighted by Gasteiger charge is 2.26. The van der Waals surface area contributed by atoms with Crippen molar-refractivity contribution in [1.29, 1.82) is 0 Å². The third kappa shape index (κ3) is 5.02. The maximum absolute atomic E-state index is 13.2. The first-order chi connectivity index (χ1) is 14.9. The van der Waals surface area contributed by atoms with Gasteiger partial charge in [-0.15, -0.1) is 0 Å². The topological polar surface area (TPSA) is 67.2 Å². The van der Waals surface area contributed by atoms with Gasteiger partial charge in [0.05, 0.1) is 27.7 Å². The largest absolute Gasteiger partial charge is 0.322 e. The third-order valence-electron chi connectivity index (χ3n) is 5.23. The molecule has 6 nitrogen and oxygen atoms in total. The molecule has 31 heavy (non-hydrogen) atoms. The van der Waals surface area contributed by atoms with Crippen LogP contribution in [0, 0.1) is 0 Å². The molecule has 1 unspecified atom stereocenters. The van der Waals surface area contributed by atoms with Gasteiger partial charge in [0.25, 0.3) is 5.56 Å². The molecule has 1 aromatic heterocycles. The van der Waals surface area contributed by atoms with Crippen molar-refractivity contribution >= 4 is 45.8 Å². The van der Waals surface area contributed by atoms with Gasteiger partial charge in [-0.1, -0.05) is 48.7 Å². The van der Waals surface area contributed by atoms with Crippen molar-refractivity contribution in [3.8, 4) is 0 Å². The van der Waals surface area contributed by atoms with Crippen LogP contribution in [0.1, 0.15) is 45.5 Å². The Morgan fingerprint density at radius 1 is 1.19 bits per heavy atom. The SMILES string of the molecule is CCCCN(C(=O)Nc1ccc(Cl)cc1Cl)C(C)c1nc2ccccc2c(=O)n1CC. The maximum atomic E-state index is 13.2. The van der Waals surface area contributed by atoms with E-state index in [2.05, 4.69) is 12.2 Å². The van der Waals surface area contributed by atoms with E-state index in [1.807, 2.05) is 32.0 Å². The summed E-state index contributed by atoms with van der Waals surface area (Å²) >= 11 is 12.2. The second kappa shape index (κ2) is 10.2. The fourth-order valence-corrected chi connectivity index (χ4v) is 3.98. The smallest absolute Gasteiger partial charge is 0.315 e. The minimum Gasteiger partial charge on any atom is -0.315 e. The monoisotopic (exact) mass is 460 g/mol. The number of nitrogens with one attached hydrogen (secondary N) is 1. The molecule has 2 amide bonds. The van der Waals surface area contributed by atoms with Gasteiger partial charge in [-0.2, -0.15) is 0 Å². The number of carbonyl (C=O) groups is 1. The van der Waals surface area contributed by atoms with E-state index in [4.69, 9.17) is 28.2 Å². The van der Waals surface area contributed by atoms with Crippen LogP contribution in [0.3, 0.4) is 0 Å². The van der Waals surface area contributed by atoms with Crippen LogP contribution in [-0.2, 0) is 6.54 Å². The van der Waals surface area contributed by atoms with Crippen LogP contribution >= 0.6 is 23.2 Å². The Labute approximate surface area is 191 Å². The van der Waals surface area contributed by atoms with Crippen LogP contribution in [-0.4, -0.2) is 27.0 Å². The molecule has 0 saturated heterocycles. The van der Waals surface area contributed by atoms with Gasteiger partial charge in [-0.25, -0.2) is 9.78 Å². The standard InChI is InChI=1S/C23H26Cl2N4O2/c1-4-6-13-29(23(31)27-20-12-11-16(24)14-18(20)25)15(3)21-26-19-10-8-7-9-17(19)22(30)28(21)5-2/h7-12,14-15H,4-6,13H2,1-3H3,(H,27,31). The highest BCUT2D eigenvalue weighted by molar-refractivity contribution is 6.36. The van der Waals surface area contributed by atoms with Crippen LogP contribution in [0.2, 0.25) is 10.0 Å². The number of urea groups is 1. The quantitative estimate of drug-likeness (QED) is 0.461. The van der Waals surface area contributed by atoms with E-state index in [0.717, 1.165) is 12.8 Å². The summed E-state index contributed by atoms with van der Waals surface area (Å²) in [4.78, 5) is 32.7. The van der Waals surface area contributed by atoms with Gasteiger partial charge < -0.3 is 10.2 Å². The number of rotatable bonds is 7. The van der Waals surface area contributed by atoms with E-state index in [1.165, 1.54) is 0 Å². The first-order valence-electron chi connectivity index (χ1n) is 10.4. The van der Waals surface area contributed by atoms with Crippen LogP contribution in [0.4, 0.5) is 10.5 Å². The molecule has 1 atom stereocenters. The Bertz CT molecular complexity index is 1150. The van der Waals surface area contributed by atoms with Gasteiger partial charge in [0, 0.05) is 18.1 Å². The van der Waals surface area contributed by atoms with Gasteiger partial charge in [-0.05, 0) is 50.6 Å². The molecule has 1 N–H and O–H groups in total. The predicted octanol–water partition coefficient (Wildman–Crippen LogP) is 6.12. The van der Waals surface area contributed by atoms with Crippen LogP contribution in [0.25, 0.3) is 10.9 Å². The summed E-state index contributed by atoms with van der Waals surface area (Å²) in [5.41, 5.74) is 0.992. The van der Waals surface area contributed by atoms with Crippen molar-refractivity contribution in [3.63, 3.8) is 0 Å². The molecule has 0 spiro atoms. The highest BCUT2D eigenvalue weighted by Crippen LogP contribution is 2.27. The van der Waals surface area contributed by atoms with Crippen molar-refractivity contribution in [2.45, 2.75) is 46.2 Å². The first kappa shape index (κ1) is 23.1. The van der Waals surface area contributed by atoms with E-state index in [0.29, 0.717) is 45.5 Å². The summed E-state index contributed by atoms with van der Waals surface area (Å²) in [6.45, 7) is 6.83. The fraction of sp³-hybridized carbons (Fsp3) is 0.348. The van der Waals surface area contributed by atoms with E-state index in [-0.39, 0.29) is 11.6 Å². The highest BCUT2D eigenvalue weighted by atomic mass is 35.5. The number of fused-ring (bicyclic) bond motifs is 1. The lowest BCUT2D eigenvalue weighted by Crippen LogP contribution is -2.40. The van der Waals surface area contributed by atoms with E-state index < -0.39 is 6.04 Å². The minimum atomic E-state index is -0.421. The lowest BCUT2D eigenvalue weighted by atomic mass is 10.2. The molecule has 0 radical (unpaired) electrons. The number of anilines is 1. The summed E-state index contributed by atoms with van der Waals surface area (Å²) in [5, 5.41) is 4.29. The first-order valence-corrected chi connectivity index (χ1v) is 11.1. The van der Waals surface area contributed by atoms with Crippen molar-refractivity contribution in [2.75, 3.05) is 11.9 Å². The number of unbranched alkanes of at least 4 members (excludes halogenated alkanes) is 1. The minimum absolute atomic E-state index is 0.105. The number of benzene rings is 2. The van der Waals surface area contributed by atoms with Gasteiger partial charge in [0.15, 0.2) is 0 Å². The Balaban J connectivity index is 2.00. The summed E-state index contributed by atoms with van der Waals surface area (Å²) in [6, 6.07) is 11.5. The average molecular weight is 461 g/mol. The van der Waals surface area contributed by atoms with Crippen LogP contribution in [0.15, 0.2) is 47.3 Å². The predicted molar refractivity (Wildman–Crippen MR) is 127 cm³/mol. The van der Waals surface area contributed by atoms with E-state index in [9.17, 15) is 9.59 Å². The number of nitrogens with zero attached hydrogens (tertiary/aromatic N) is 3. The second-order valence-corrected chi connectivity index (χ2v) is 8.16. The summed E-state index contributed by atoms with van der Waals surface area (Å²) < 4.78 is 1.63. The number of hydrogen-bond acceptors (Lipinski definition) is 3. The lowest BCUT2D eigenvalue weighted by Gasteiger charge is -2.30. The maximum Gasteiger partial charge on any atom is 0.322 e. The van der Waals surface area contributed by atoms with Gasteiger partial charge in [-0.3, -0.25) is 9.36 Å². The Hall–Kier alpha value is -2.57. The Morgan fingerprint density at radius 2 is 1.94 bits per heavy atom. The molecule has 8 heteroatoms. The molecule has 0 fully saturated rings. The Morgan fingerprint density at radius 3 is 2.61 bits per heavy atom. The molecule has 3 rings (SSSR count). The molecule has 0 aliphatic rings. The van der Waals surface area contributed by atoms with Crippen molar-refractivity contribution < 1.29 is 4.79 Å². The van der Waals surface area contributed by atoms with Crippen molar-refractivity contribution in [3.05, 3.63) is 68.7 Å². The molecule has 164 valence electrons. The second-order valence-electron chi connectivity index (χ2n) is 7.31. The molecular formula is C23H26Cl2N4O2. The molecule has 0 bridgehead atoms. The summed E-state index contributed by atoms with van der Waals surface area (Å²) in [6.07, 6.45) is 1.74. The Kier molecular flexibility index (Phi) is 7.57. The molecule has 0 aliphatic heterocycles. The number of carbonyl (C=O) groups excluding carboxylic acids is 1. The summed E-state index contributed by atoms with van der Waals surface area (Å²) in [7, 11) is 0.